The number of ether oxygens (including phenoxy) is 1. The number of benzene rings is 3. The first kappa shape index (κ1) is 26.5. The van der Waals surface area contributed by atoms with E-state index in [0.717, 1.165) is 45.0 Å². The molecule has 0 radical (unpaired) electrons. The van der Waals surface area contributed by atoms with Crippen LogP contribution in [0.4, 0.5) is 0 Å². The largest absolute Gasteiger partial charge is 0.494 e. The predicted octanol–water partition coefficient (Wildman–Crippen LogP) is 7.45. The second-order valence-corrected chi connectivity index (χ2v) is 10.3. The van der Waals surface area contributed by atoms with E-state index in [1.165, 1.54) is 24.1 Å². The van der Waals surface area contributed by atoms with E-state index in [4.69, 9.17) is 9.73 Å². The van der Waals surface area contributed by atoms with Crippen LogP contribution >= 0.6 is 0 Å². The highest BCUT2D eigenvalue weighted by atomic mass is 16.5. The van der Waals surface area contributed by atoms with E-state index < -0.39 is 0 Å². The maximum Gasteiger partial charge on any atom is 0.134 e. The van der Waals surface area contributed by atoms with E-state index in [0.29, 0.717) is 19.4 Å². The summed E-state index contributed by atoms with van der Waals surface area (Å²) < 4.78 is 5.72. The van der Waals surface area contributed by atoms with Crippen LogP contribution in [-0.2, 0) is 17.6 Å². The molecule has 4 aromatic rings. The molecule has 39 heavy (non-hydrogen) atoms. The zero-order valence-electron chi connectivity index (χ0n) is 22.9. The topological polar surface area (TPSA) is 64.4 Å². The molecule has 5 nitrogen and oxygen atoms in total. The zero-order chi connectivity index (χ0) is 27.2. The van der Waals surface area contributed by atoms with Gasteiger partial charge in [-0.1, -0.05) is 60.7 Å². The first-order chi connectivity index (χ1) is 19.0. The molecule has 200 valence electrons. The molecule has 0 N–H and O–H groups in total. The molecule has 1 aliphatic carbocycles. The van der Waals surface area contributed by atoms with Crippen molar-refractivity contribution in [1.29, 1.82) is 0 Å². The van der Waals surface area contributed by atoms with Crippen molar-refractivity contribution in [2.75, 3.05) is 6.61 Å². The number of hydrogen-bond acceptors (Lipinski definition) is 5. The Balaban J connectivity index is 0.000000208. The van der Waals surface area contributed by atoms with E-state index >= 15 is 0 Å². The molecule has 2 heterocycles. The van der Waals surface area contributed by atoms with Crippen LogP contribution < -0.4 is 4.74 Å². The fourth-order valence-electron chi connectivity index (χ4n) is 4.92. The SMILES string of the molecule is C1=CC(c2ccccc2)N=C1C1CC1.CCOc1cc2c(Cc3cccc(CC(C)=O)c3)ncnc2cc1C.[HH]. The molecule has 0 bridgehead atoms. The molecule has 1 aromatic heterocycles. The Morgan fingerprint density at radius 1 is 1.00 bits per heavy atom. The van der Waals surface area contributed by atoms with Crippen molar-refractivity contribution in [3.8, 4) is 5.75 Å². The van der Waals surface area contributed by atoms with Crippen molar-refractivity contribution in [3.63, 3.8) is 0 Å². The summed E-state index contributed by atoms with van der Waals surface area (Å²) in [7, 11) is 0. The van der Waals surface area contributed by atoms with Crippen LogP contribution in [-0.4, -0.2) is 28.1 Å². The third kappa shape index (κ3) is 6.85. The Morgan fingerprint density at radius 2 is 1.79 bits per heavy atom. The quantitative estimate of drug-likeness (QED) is 0.242. The molecule has 6 rings (SSSR count). The van der Waals surface area contributed by atoms with Crippen molar-refractivity contribution < 1.29 is 11.0 Å². The van der Waals surface area contributed by atoms with Gasteiger partial charge in [0, 0.05) is 31.3 Å². The standard InChI is InChI=1S/C21H22N2O2.C13H13N.H2/c1-4-25-21-12-18-19(8-14(21)2)22-13-23-20(18)11-17-7-5-6-16(10-17)9-15(3)24;1-2-4-10(5-3-1)12-8-9-13(14-12)11-6-7-11;/h5-8,10,12-13H,4,9,11H2,1-3H3;1-5,8-9,11-12H,6-7H2;1H. The van der Waals surface area contributed by atoms with Gasteiger partial charge in [-0.15, -0.1) is 0 Å². The summed E-state index contributed by atoms with van der Waals surface area (Å²) >= 11 is 0. The molecular formula is C34H37N3O2. The van der Waals surface area contributed by atoms with E-state index in [1.807, 2.05) is 44.2 Å². The van der Waals surface area contributed by atoms with E-state index in [-0.39, 0.29) is 13.3 Å². The average molecular weight is 520 g/mol. The first-order valence-corrected chi connectivity index (χ1v) is 13.7. The Bertz CT molecular complexity index is 1530. The number of rotatable bonds is 8. The molecule has 1 unspecified atom stereocenters. The molecule has 1 atom stereocenters. The number of carbonyl (C=O) groups is 1. The van der Waals surface area contributed by atoms with E-state index in [2.05, 4.69) is 58.5 Å². The van der Waals surface area contributed by atoms with Gasteiger partial charge < -0.3 is 4.74 Å². The van der Waals surface area contributed by atoms with Gasteiger partial charge in [0.15, 0.2) is 0 Å². The number of allylic oxidation sites excluding steroid dienone is 1. The van der Waals surface area contributed by atoms with Gasteiger partial charge in [-0.2, -0.15) is 0 Å². The Labute approximate surface area is 232 Å². The minimum atomic E-state index is 0. The summed E-state index contributed by atoms with van der Waals surface area (Å²) in [4.78, 5) is 25.0. The number of aliphatic imine (C=N–C) groups is 1. The summed E-state index contributed by atoms with van der Waals surface area (Å²) in [5.74, 6) is 1.82. The van der Waals surface area contributed by atoms with Gasteiger partial charge in [-0.3, -0.25) is 9.79 Å². The average Bonchev–Trinajstić information content (AvgIpc) is 3.66. The van der Waals surface area contributed by atoms with Crippen LogP contribution in [0, 0.1) is 12.8 Å². The van der Waals surface area contributed by atoms with Crippen LogP contribution in [0.2, 0.25) is 0 Å². The highest BCUT2D eigenvalue weighted by Gasteiger charge is 2.28. The van der Waals surface area contributed by atoms with Crippen LogP contribution in [0.1, 0.15) is 62.1 Å². The number of carbonyl (C=O) groups excluding carboxylic acids is 1. The fourth-order valence-corrected chi connectivity index (χ4v) is 4.92. The molecule has 1 fully saturated rings. The van der Waals surface area contributed by atoms with Crippen molar-refractivity contribution in [1.82, 2.24) is 9.97 Å². The van der Waals surface area contributed by atoms with Crippen LogP contribution in [0.5, 0.6) is 5.75 Å². The van der Waals surface area contributed by atoms with Gasteiger partial charge in [0.25, 0.3) is 0 Å². The summed E-state index contributed by atoms with van der Waals surface area (Å²) in [6.45, 7) is 6.24. The van der Waals surface area contributed by atoms with Gasteiger partial charge in [0.05, 0.1) is 23.9 Å². The zero-order valence-corrected chi connectivity index (χ0v) is 22.9. The molecule has 0 amide bonds. The van der Waals surface area contributed by atoms with Gasteiger partial charge in [-0.05, 0) is 74.1 Å². The molecule has 3 aromatic carbocycles. The lowest BCUT2D eigenvalue weighted by Crippen LogP contribution is -2.00. The molecule has 5 heteroatoms. The van der Waals surface area contributed by atoms with Crippen molar-refractivity contribution in [2.24, 2.45) is 10.9 Å². The molecule has 0 spiro atoms. The van der Waals surface area contributed by atoms with Crippen molar-refractivity contribution in [2.45, 2.75) is 52.5 Å². The Kier molecular flexibility index (Phi) is 8.26. The lowest BCUT2D eigenvalue weighted by Gasteiger charge is -2.11. The molecular weight excluding hydrogens is 482 g/mol. The van der Waals surface area contributed by atoms with Gasteiger partial charge in [-0.25, -0.2) is 9.97 Å². The second-order valence-electron chi connectivity index (χ2n) is 10.3. The summed E-state index contributed by atoms with van der Waals surface area (Å²) in [5, 5.41) is 1.01. The molecule has 2 aliphatic rings. The Morgan fingerprint density at radius 3 is 2.54 bits per heavy atom. The highest BCUT2D eigenvalue weighted by molar-refractivity contribution is 6.00. The number of aryl methyl sites for hydroxylation is 1. The monoisotopic (exact) mass is 519 g/mol. The minimum Gasteiger partial charge on any atom is -0.494 e. The second kappa shape index (κ2) is 12.2. The third-order valence-corrected chi connectivity index (χ3v) is 7.00. The lowest BCUT2D eigenvalue weighted by molar-refractivity contribution is -0.116. The first-order valence-electron chi connectivity index (χ1n) is 13.7. The van der Waals surface area contributed by atoms with Crippen LogP contribution in [0.25, 0.3) is 10.9 Å². The number of fused-ring (bicyclic) bond motifs is 1. The number of ketones is 1. The van der Waals surface area contributed by atoms with Crippen LogP contribution in [0.15, 0.2) is 90.2 Å². The minimum absolute atomic E-state index is 0. The van der Waals surface area contributed by atoms with E-state index in [1.54, 1.807) is 13.3 Å². The number of Topliss-reactive ketones (excluding diaryl/α,β-unsaturated/α-hetero) is 1. The number of aromatic nitrogens is 2. The van der Waals surface area contributed by atoms with Gasteiger partial charge in [0.2, 0.25) is 0 Å². The maximum atomic E-state index is 11.4. The summed E-state index contributed by atoms with van der Waals surface area (Å²) in [6, 6.07) is 23.0. The Hall–Kier alpha value is -4.12. The van der Waals surface area contributed by atoms with Crippen molar-refractivity contribution in [3.05, 3.63) is 113 Å². The number of nitrogens with zero attached hydrogens (tertiary/aromatic N) is 3. The maximum absolute atomic E-state index is 11.4. The third-order valence-electron chi connectivity index (χ3n) is 7.00. The molecule has 0 saturated heterocycles. The summed E-state index contributed by atoms with van der Waals surface area (Å²) in [6.07, 6.45) is 9.86. The normalized spacial score (nSPS) is 16.0. The highest BCUT2D eigenvalue weighted by Crippen LogP contribution is 2.36. The van der Waals surface area contributed by atoms with Crippen LogP contribution in [0.3, 0.4) is 0 Å². The van der Waals surface area contributed by atoms with Crippen molar-refractivity contribution >= 4 is 22.4 Å². The lowest BCUT2D eigenvalue weighted by atomic mass is 10.0. The molecule has 1 saturated carbocycles. The molecule has 1 aliphatic heterocycles. The smallest absolute Gasteiger partial charge is 0.134 e. The number of hydrogen-bond donors (Lipinski definition) is 0. The summed E-state index contributed by atoms with van der Waals surface area (Å²) in [5.41, 5.74) is 7.75. The van der Waals surface area contributed by atoms with E-state index in [9.17, 15) is 4.79 Å². The predicted molar refractivity (Wildman–Crippen MR) is 160 cm³/mol. The van der Waals surface area contributed by atoms with Gasteiger partial charge in [0.1, 0.15) is 17.9 Å². The van der Waals surface area contributed by atoms with Gasteiger partial charge >= 0.3 is 0 Å². The fraction of sp³-hybridized carbons (Fsp3) is 0.294.